The van der Waals surface area contributed by atoms with E-state index < -0.39 is 0 Å². The molecule has 4 aliphatic rings. The van der Waals surface area contributed by atoms with Crippen molar-refractivity contribution in [2.45, 2.75) is 142 Å². The summed E-state index contributed by atoms with van der Waals surface area (Å²) in [5.74, 6) is 3.75. The predicted octanol–water partition coefficient (Wildman–Crippen LogP) is 4.97. The second-order valence-corrected chi connectivity index (χ2v) is 15.8. The van der Waals surface area contributed by atoms with Crippen molar-refractivity contribution in [3.05, 3.63) is 0 Å². The summed E-state index contributed by atoms with van der Waals surface area (Å²) >= 11 is 0. The second-order valence-electron chi connectivity index (χ2n) is 15.8. The monoisotopic (exact) mass is 604 g/mol. The number of nitrogens with two attached hydrogens (primary N) is 1. The fourth-order valence-corrected chi connectivity index (χ4v) is 10.5. The Hall–Kier alpha value is -0.730. The van der Waals surface area contributed by atoms with Crippen LogP contribution in [0.4, 0.5) is 0 Å². The molecule has 4 rings (SSSR count). The van der Waals surface area contributed by atoms with Crippen molar-refractivity contribution >= 4 is 5.91 Å². The standard InChI is InChI=1S/C36H69N5O2/c1-26(2)41-34(43)14-13-33(42)32-12-11-30-29-10-9-27-25-28(15-17-35(27,3)31(29)16-18-36(30,32)4)40-24-8-23-39-21-6-5-20-38-22-7-19-37/h26-33,38-40,42H,5-25,37H2,1-4H3,(H,41,43)/t27?,28-,29?,30?,31?,32+,33+,35-,36-/m0/s1. The number of aliphatic hydroxyl groups is 1. The van der Waals surface area contributed by atoms with E-state index in [4.69, 9.17) is 5.73 Å². The van der Waals surface area contributed by atoms with Crippen molar-refractivity contribution in [1.82, 2.24) is 21.3 Å². The van der Waals surface area contributed by atoms with E-state index in [1.807, 2.05) is 13.8 Å². The Morgan fingerprint density at radius 1 is 0.837 bits per heavy atom. The van der Waals surface area contributed by atoms with Crippen molar-refractivity contribution in [2.75, 3.05) is 39.3 Å². The summed E-state index contributed by atoms with van der Waals surface area (Å²) in [5.41, 5.74) is 6.27. The predicted molar refractivity (Wildman–Crippen MR) is 179 cm³/mol. The van der Waals surface area contributed by atoms with Gasteiger partial charge in [-0.05, 0) is 183 Å². The topological polar surface area (TPSA) is 111 Å². The number of unbranched alkanes of at least 4 members (excludes halogenated alkanes) is 1. The molecule has 4 aliphatic carbocycles. The number of rotatable bonds is 18. The highest BCUT2D eigenvalue weighted by molar-refractivity contribution is 5.76. The van der Waals surface area contributed by atoms with Gasteiger partial charge < -0.3 is 32.1 Å². The van der Waals surface area contributed by atoms with E-state index in [1.54, 1.807) is 0 Å². The van der Waals surface area contributed by atoms with Crippen molar-refractivity contribution in [1.29, 1.82) is 0 Å². The summed E-state index contributed by atoms with van der Waals surface area (Å²) < 4.78 is 0. The van der Waals surface area contributed by atoms with Gasteiger partial charge in [0.1, 0.15) is 0 Å². The van der Waals surface area contributed by atoms with Crippen LogP contribution >= 0.6 is 0 Å². The van der Waals surface area contributed by atoms with Gasteiger partial charge in [-0.1, -0.05) is 13.8 Å². The molecule has 7 nitrogen and oxygen atoms in total. The molecule has 0 aromatic rings. The molecule has 0 aromatic carbocycles. The lowest BCUT2D eigenvalue weighted by Gasteiger charge is -2.61. The highest BCUT2D eigenvalue weighted by Crippen LogP contribution is 2.67. The first-order valence-corrected chi connectivity index (χ1v) is 18.5. The Kier molecular flexibility index (Phi) is 13.7. The first-order chi connectivity index (χ1) is 20.7. The van der Waals surface area contributed by atoms with Crippen molar-refractivity contribution in [3.63, 3.8) is 0 Å². The van der Waals surface area contributed by atoms with Crippen LogP contribution in [0.5, 0.6) is 0 Å². The van der Waals surface area contributed by atoms with E-state index in [-0.39, 0.29) is 23.5 Å². The summed E-state index contributed by atoms with van der Waals surface area (Å²) in [7, 11) is 0. The minimum absolute atomic E-state index is 0.0827. The Morgan fingerprint density at radius 3 is 2.23 bits per heavy atom. The Labute approximate surface area is 264 Å². The summed E-state index contributed by atoms with van der Waals surface area (Å²) in [6, 6.07) is 0.861. The second kappa shape index (κ2) is 16.7. The number of fused-ring (bicyclic) bond motifs is 5. The summed E-state index contributed by atoms with van der Waals surface area (Å²) in [5, 5.41) is 25.3. The van der Waals surface area contributed by atoms with Gasteiger partial charge in [0.15, 0.2) is 0 Å². The average Bonchev–Trinajstić information content (AvgIpc) is 3.33. The first-order valence-electron chi connectivity index (χ1n) is 18.5. The molecule has 4 fully saturated rings. The maximum atomic E-state index is 12.2. The van der Waals surface area contributed by atoms with Crippen molar-refractivity contribution < 1.29 is 9.90 Å². The molecule has 7 N–H and O–H groups in total. The fraction of sp³-hybridized carbons (Fsp3) is 0.972. The zero-order valence-corrected chi connectivity index (χ0v) is 28.4. The van der Waals surface area contributed by atoms with Crippen LogP contribution in [0.1, 0.15) is 124 Å². The quantitative estimate of drug-likeness (QED) is 0.124. The zero-order chi connectivity index (χ0) is 30.9. The smallest absolute Gasteiger partial charge is 0.220 e. The number of carbonyl (C=O) groups is 1. The van der Waals surface area contributed by atoms with Crippen LogP contribution in [0.25, 0.3) is 0 Å². The molecule has 0 radical (unpaired) electrons. The number of carbonyl (C=O) groups excluding carboxylic acids is 1. The highest BCUT2D eigenvalue weighted by atomic mass is 16.3. The van der Waals surface area contributed by atoms with E-state index in [1.165, 1.54) is 70.6 Å². The van der Waals surface area contributed by atoms with Gasteiger partial charge >= 0.3 is 0 Å². The Morgan fingerprint density at radius 2 is 1.51 bits per heavy atom. The van der Waals surface area contributed by atoms with Gasteiger partial charge in [-0.2, -0.15) is 0 Å². The molecule has 0 spiro atoms. The number of amides is 1. The van der Waals surface area contributed by atoms with Gasteiger partial charge in [-0.3, -0.25) is 4.79 Å². The van der Waals surface area contributed by atoms with Crippen LogP contribution in [0, 0.1) is 40.4 Å². The maximum Gasteiger partial charge on any atom is 0.220 e. The summed E-state index contributed by atoms with van der Waals surface area (Å²) in [4.78, 5) is 12.2. The molecular formula is C36H69N5O2. The average molecular weight is 604 g/mol. The van der Waals surface area contributed by atoms with Crippen LogP contribution in [0.15, 0.2) is 0 Å². The van der Waals surface area contributed by atoms with Crippen LogP contribution < -0.4 is 27.0 Å². The molecule has 0 saturated heterocycles. The third kappa shape index (κ3) is 8.96. The van der Waals surface area contributed by atoms with E-state index in [2.05, 4.69) is 35.1 Å². The number of nitrogens with one attached hydrogen (secondary N) is 4. The van der Waals surface area contributed by atoms with Crippen LogP contribution in [0.2, 0.25) is 0 Å². The van der Waals surface area contributed by atoms with Gasteiger partial charge in [0, 0.05) is 18.5 Å². The van der Waals surface area contributed by atoms with E-state index >= 15 is 0 Å². The molecule has 43 heavy (non-hydrogen) atoms. The molecular weight excluding hydrogens is 534 g/mol. The summed E-state index contributed by atoms with van der Waals surface area (Å²) in [6.07, 6.45) is 17.4. The molecule has 0 bridgehead atoms. The molecule has 0 aromatic heterocycles. The molecule has 4 unspecified atom stereocenters. The largest absolute Gasteiger partial charge is 0.393 e. The number of aliphatic hydroxyl groups excluding tert-OH is 1. The maximum absolute atomic E-state index is 12.2. The Balaban J connectivity index is 1.16. The van der Waals surface area contributed by atoms with Gasteiger partial charge in [-0.25, -0.2) is 0 Å². The first kappa shape index (κ1) is 35.1. The number of hydrogen-bond donors (Lipinski definition) is 6. The van der Waals surface area contributed by atoms with Gasteiger partial charge in [0.2, 0.25) is 5.91 Å². The summed E-state index contributed by atoms with van der Waals surface area (Å²) in [6.45, 7) is 15.5. The third-order valence-corrected chi connectivity index (χ3v) is 12.8. The molecule has 4 saturated carbocycles. The normalized spacial score (nSPS) is 36.2. The SMILES string of the molecule is CC(C)NC(=O)CC[C@@H](O)[C@H]1CCC2C3CCC4C[C@@H](NCCCNCCCCNCCCN)CC[C@]4(C)C3CC[C@@]21C. The molecule has 1 amide bonds. The lowest BCUT2D eigenvalue weighted by molar-refractivity contribution is -0.126. The third-order valence-electron chi connectivity index (χ3n) is 12.8. The molecule has 0 aliphatic heterocycles. The molecule has 0 heterocycles. The van der Waals surface area contributed by atoms with Gasteiger partial charge in [-0.15, -0.1) is 0 Å². The van der Waals surface area contributed by atoms with Gasteiger partial charge in [0.05, 0.1) is 6.10 Å². The van der Waals surface area contributed by atoms with Crippen LogP contribution in [0.3, 0.4) is 0 Å². The molecule has 7 heteroatoms. The lowest BCUT2D eigenvalue weighted by atomic mass is 9.44. The van der Waals surface area contributed by atoms with E-state index in [9.17, 15) is 9.90 Å². The highest BCUT2D eigenvalue weighted by Gasteiger charge is 2.60. The lowest BCUT2D eigenvalue weighted by Crippen LogP contribution is -2.55. The van der Waals surface area contributed by atoms with Gasteiger partial charge in [0.25, 0.3) is 0 Å². The van der Waals surface area contributed by atoms with Crippen molar-refractivity contribution in [3.8, 4) is 0 Å². The van der Waals surface area contributed by atoms with Crippen LogP contribution in [-0.4, -0.2) is 68.5 Å². The number of hydrogen-bond acceptors (Lipinski definition) is 6. The van der Waals surface area contributed by atoms with E-state index in [0.29, 0.717) is 30.2 Å². The Bertz CT molecular complexity index is 840. The van der Waals surface area contributed by atoms with Crippen LogP contribution in [-0.2, 0) is 4.79 Å². The minimum Gasteiger partial charge on any atom is -0.393 e. The zero-order valence-electron chi connectivity index (χ0n) is 28.4. The van der Waals surface area contributed by atoms with Crippen molar-refractivity contribution in [2.24, 2.45) is 46.2 Å². The van der Waals surface area contributed by atoms with E-state index in [0.717, 1.165) is 75.8 Å². The molecule has 250 valence electrons. The minimum atomic E-state index is -0.345. The fourth-order valence-electron chi connectivity index (χ4n) is 10.5. The molecule has 9 atom stereocenters.